The van der Waals surface area contributed by atoms with Crippen LogP contribution in [-0.4, -0.2) is 23.4 Å². The Morgan fingerprint density at radius 1 is 1.50 bits per heavy atom. The summed E-state index contributed by atoms with van der Waals surface area (Å²) in [5.41, 5.74) is 0.257. The van der Waals surface area contributed by atoms with E-state index in [0.29, 0.717) is 13.0 Å². The van der Waals surface area contributed by atoms with Crippen molar-refractivity contribution in [3.05, 3.63) is 24.0 Å². The molecule has 0 aliphatic heterocycles. The molecule has 1 amide bonds. The molecule has 0 aliphatic carbocycles. The zero-order chi connectivity index (χ0) is 13.4. The van der Waals surface area contributed by atoms with Gasteiger partial charge in [0.25, 0.3) is 12.3 Å². The topological polar surface area (TPSA) is 34.0 Å². The molecule has 1 heterocycles. The Morgan fingerprint density at radius 3 is 2.94 bits per heavy atom. The van der Waals surface area contributed by atoms with Crippen LogP contribution >= 0.6 is 0 Å². The molecule has 1 aromatic rings. The minimum atomic E-state index is -2.47. The number of rotatable bonds is 7. The number of terminal acetylenes is 1. The summed E-state index contributed by atoms with van der Waals surface area (Å²) in [6.45, 7) is 0.0349. The molecule has 98 valence electrons. The molecule has 5 heteroatoms. The number of hydrogen-bond donors (Lipinski definition) is 1. The molecule has 0 unspecified atom stereocenters. The number of nitrogens with one attached hydrogen (secondary N) is 1. The van der Waals surface area contributed by atoms with Gasteiger partial charge in [-0.3, -0.25) is 4.79 Å². The quantitative estimate of drug-likeness (QED) is 0.588. The number of carbonyl (C=O) groups excluding carboxylic acids is 1. The van der Waals surface area contributed by atoms with Gasteiger partial charge in [0.15, 0.2) is 0 Å². The second kappa shape index (κ2) is 7.49. The van der Waals surface area contributed by atoms with E-state index in [1.807, 2.05) is 0 Å². The van der Waals surface area contributed by atoms with Crippen molar-refractivity contribution in [3.8, 4) is 12.3 Å². The Balaban J connectivity index is 2.42. The summed E-state index contributed by atoms with van der Waals surface area (Å²) < 4.78 is 25.8. The molecule has 0 aliphatic rings. The average molecular weight is 254 g/mol. The molecule has 0 radical (unpaired) electrons. The van der Waals surface area contributed by atoms with Crippen LogP contribution in [0, 0.1) is 12.3 Å². The molecule has 0 saturated carbocycles. The van der Waals surface area contributed by atoms with Gasteiger partial charge in [0.2, 0.25) is 0 Å². The Hall–Kier alpha value is -1.83. The van der Waals surface area contributed by atoms with Gasteiger partial charge in [-0.25, -0.2) is 8.78 Å². The van der Waals surface area contributed by atoms with Crippen LogP contribution in [0.5, 0.6) is 0 Å². The fraction of sp³-hybridized carbons (Fsp3) is 0.462. The van der Waals surface area contributed by atoms with Gasteiger partial charge in [0, 0.05) is 19.2 Å². The SMILES string of the molecule is C#CCCCCNC(=O)c1cccn1CC(F)F. The van der Waals surface area contributed by atoms with Gasteiger partial charge >= 0.3 is 0 Å². The van der Waals surface area contributed by atoms with Crippen molar-refractivity contribution in [2.24, 2.45) is 0 Å². The lowest BCUT2D eigenvalue weighted by Gasteiger charge is -2.09. The summed E-state index contributed by atoms with van der Waals surface area (Å²) >= 11 is 0. The summed E-state index contributed by atoms with van der Waals surface area (Å²) in [5, 5.41) is 2.68. The number of alkyl halides is 2. The summed E-state index contributed by atoms with van der Waals surface area (Å²) in [4.78, 5) is 11.7. The highest BCUT2D eigenvalue weighted by atomic mass is 19.3. The van der Waals surface area contributed by atoms with Crippen molar-refractivity contribution in [2.75, 3.05) is 6.54 Å². The van der Waals surface area contributed by atoms with E-state index >= 15 is 0 Å². The minimum absolute atomic E-state index is 0.257. The van der Waals surface area contributed by atoms with Gasteiger partial charge in [0.1, 0.15) is 5.69 Å². The van der Waals surface area contributed by atoms with Crippen molar-refractivity contribution in [3.63, 3.8) is 0 Å². The van der Waals surface area contributed by atoms with Gasteiger partial charge < -0.3 is 9.88 Å². The van der Waals surface area contributed by atoms with Crippen LogP contribution in [0.4, 0.5) is 8.78 Å². The Bertz CT molecular complexity index is 421. The first-order chi connectivity index (χ1) is 8.65. The maximum Gasteiger partial charge on any atom is 0.267 e. The highest BCUT2D eigenvalue weighted by Gasteiger charge is 2.12. The number of unbranched alkanes of at least 4 members (excludes halogenated alkanes) is 2. The van der Waals surface area contributed by atoms with Gasteiger partial charge in [-0.1, -0.05) is 0 Å². The van der Waals surface area contributed by atoms with E-state index in [1.165, 1.54) is 16.8 Å². The normalized spacial score (nSPS) is 10.3. The van der Waals surface area contributed by atoms with Crippen molar-refractivity contribution in [1.29, 1.82) is 0 Å². The van der Waals surface area contributed by atoms with Crippen LogP contribution in [0.2, 0.25) is 0 Å². The molecule has 0 atom stereocenters. The molecular formula is C13H16F2N2O. The zero-order valence-electron chi connectivity index (χ0n) is 10.0. The lowest BCUT2D eigenvalue weighted by Crippen LogP contribution is -2.27. The number of amides is 1. The lowest BCUT2D eigenvalue weighted by atomic mass is 10.2. The van der Waals surface area contributed by atoms with Crippen molar-refractivity contribution >= 4 is 5.91 Å². The maximum absolute atomic E-state index is 12.3. The lowest BCUT2D eigenvalue weighted by molar-refractivity contribution is 0.0930. The largest absolute Gasteiger partial charge is 0.351 e. The van der Waals surface area contributed by atoms with E-state index in [0.717, 1.165) is 12.8 Å². The first-order valence-corrected chi connectivity index (χ1v) is 5.80. The second-order valence-corrected chi connectivity index (χ2v) is 3.85. The van der Waals surface area contributed by atoms with E-state index in [-0.39, 0.29) is 11.6 Å². The molecule has 0 bridgehead atoms. The molecule has 1 aromatic heterocycles. The van der Waals surface area contributed by atoms with E-state index in [1.54, 1.807) is 6.07 Å². The van der Waals surface area contributed by atoms with Gasteiger partial charge in [0.05, 0.1) is 6.54 Å². The molecule has 18 heavy (non-hydrogen) atoms. The molecular weight excluding hydrogens is 238 g/mol. The number of aromatic nitrogens is 1. The number of carbonyl (C=O) groups is 1. The molecule has 0 saturated heterocycles. The summed E-state index contributed by atoms with van der Waals surface area (Å²) in [6.07, 6.45) is 6.40. The van der Waals surface area contributed by atoms with Crippen LogP contribution < -0.4 is 5.32 Å². The fourth-order valence-corrected chi connectivity index (χ4v) is 1.57. The molecule has 0 fully saturated rings. The molecule has 1 N–H and O–H groups in total. The van der Waals surface area contributed by atoms with Crippen LogP contribution in [0.15, 0.2) is 18.3 Å². The number of halogens is 2. The summed E-state index contributed by atoms with van der Waals surface area (Å²) in [7, 11) is 0. The minimum Gasteiger partial charge on any atom is -0.351 e. The highest BCUT2D eigenvalue weighted by Crippen LogP contribution is 2.06. The van der Waals surface area contributed by atoms with Gasteiger partial charge in [-0.05, 0) is 25.0 Å². The smallest absolute Gasteiger partial charge is 0.267 e. The van der Waals surface area contributed by atoms with Gasteiger partial charge in [-0.15, -0.1) is 12.3 Å². The monoisotopic (exact) mass is 254 g/mol. The third kappa shape index (κ3) is 4.58. The Labute approximate surface area is 105 Å². The van der Waals surface area contributed by atoms with E-state index in [9.17, 15) is 13.6 Å². The summed E-state index contributed by atoms with van der Waals surface area (Å²) in [5.74, 6) is 2.18. The third-order valence-corrected chi connectivity index (χ3v) is 2.43. The van der Waals surface area contributed by atoms with Crippen LogP contribution in [0.3, 0.4) is 0 Å². The molecule has 0 aromatic carbocycles. The average Bonchev–Trinajstić information content (AvgIpc) is 2.76. The van der Waals surface area contributed by atoms with Crippen LogP contribution in [0.25, 0.3) is 0 Å². The van der Waals surface area contributed by atoms with Crippen molar-refractivity contribution in [2.45, 2.75) is 32.2 Å². The molecule has 3 nitrogen and oxygen atoms in total. The highest BCUT2D eigenvalue weighted by molar-refractivity contribution is 5.92. The Kier molecular flexibility index (Phi) is 5.92. The first-order valence-electron chi connectivity index (χ1n) is 5.80. The number of hydrogen-bond acceptors (Lipinski definition) is 1. The number of nitrogens with zero attached hydrogens (tertiary/aromatic N) is 1. The predicted molar refractivity (Wildman–Crippen MR) is 65.5 cm³/mol. The summed E-state index contributed by atoms with van der Waals surface area (Å²) in [6, 6.07) is 3.11. The first kappa shape index (κ1) is 14.2. The van der Waals surface area contributed by atoms with Crippen molar-refractivity contribution in [1.82, 2.24) is 9.88 Å². The fourth-order valence-electron chi connectivity index (χ4n) is 1.57. The zero-order valence-corrected chi connectivity index (χ0v) is 10.0. The predicted octanol–water partition coefficient (Wildman–Crippen LogP) is 2.29. The van der Waals surface area contributed by atoms with E-state index in [2.05, 4.69) is 11.2 Å². The second-order valence-electron chi connectivity index (χ2n) is 3.85. The van der Waals surface area contributed by atoms with E-state index < -0.39 is 13.0 Å². The molecule has 0 spiro atoms. The molecule has 1 rings (SSSR count). The Morgan fingerprint density at radius 2 is 2.28 bits per heavy atom. The van der Waals surface area contributed by atoms with E-state index in [4.69, 9.17) is 6.42 Å². The van der Waals surface area contributed by atoms with Crippen LogP contribution in [0.1, 0.15) is 29.8 Å². The van der Waals surface area contributed by atoms with Gasteiger partial charge in [-0.2, -0.15) is 0 Å². The van der Waals surface area contributed by atoms with Crippen molar-refractivity contribution < 1.29 is 13.6 Å². The maximum atomic E-state index is 12.3. The van der Waals surface area contributed by atoms with Crippen LogP contribution in [-0.2, 0) is 6.54 Å². The third-order valence-electron chi connectivity index (χ3n) is 2.43. The standard InChI is InChI=1S/C13H16F2N2O/c1-2-3-4-5-8-16-13(18)11-7-6-9-17(11)10-12(14)15/h1,6-7,9,12H,3-5,8,10H2,(H,16,18).